The molecular weight excluding hydrogens is 316 g/mol. The van der Waals surface area contributed by atoms with Crippen LogP contribution in [0.4, 0.5) is 0 Å². The van der Waals surface area contributed by atoms with Gasteiger partial charge in [0.2, 0.25) is 11.8 Å². The number of carbonyl (C=O) groups is 2. The second-order valence-electron chi connectivity index (χ2n) is 7.49. The number of amides is 2. The zero-order valence-electron chi connectivity index (χ0n) is 15.0. The van der Waals surface area contributed by atoms with Crippen molar-refractivity contribution < 1.29 is 14.7 Å². The summed E-state index contributed by atoms with van der Waals surface area (Å²) in [5, 5.41) is 9.82. The molecule has 0 spiro atoms. The van der Waals surface area contributed by atoms with E-state index in [1.807, 2.05) is 15.9 Å². The van der Waals surface area contributed by atoms with Gasteiger partial charge in [0, 0.05) is 37.7 Å². The number of carbonyl (C=O) groups excluding carboxylic acids is 2. The second-order valence-corrected chi connectivity index (χ2v) is 7.49. The Morgan fingerprint density at radius 1 is 1.08 bits per heavy atom. The van der Waals surface area contributed by atoms with Gasteiger partial charge in [-0.3, -0.25) is 9.59 Å². The van der Waals surface area contributed by atoms with Gasteiger partial charge in [-0.15, -0.1) is 0 Å². The van der Waals surface area contributed by atoms with E-state index in [-0.39, 0.29) is 29.9 Å². The average molecular weight is 344 g/mol. The van der Waals surface area contributed by atoms with Crippen LogP contribution in [-0.4, -0.2) is 52.9 Å². The van der Waals surface area contributed by atoms with Crippen molar-refractivity contribution in [1.82, 2.24) is 9.80 Å². The van der Waals surface area contributed by atoms with Crippen molar-refractivity contribution in [3.8, 4) is 5.75 Å². The fourth-order valence-electron chi connectivity index (χ4n) is 3.96. The summed E-state index contributed by atoms with van der Waals surface area (Å²) < 4.78 is 0. The largest absolute Gasteiger partial charge is 0.508 e. The molecular formula is C20H28N2O3. The predicted molar refractivity (Wildman–Crippen MR) is 96.1 cm³/mol. The molecule has 0 saturated carbocycles. The maximum Gasteiger partial charge on any atom is 0.227 e. The molecule has 0 radical (unpaired) electrons. The molecule has 5 heteroatoms. The first-order valence-electron chi connectivity index (χ1n) is 9.38. The number of phenolic OH excluding ortho intramolecular Hbond substituents is 1. The van der Waals surface area contributed by atoms with E-state index in [0.29, 0.717) is 24.6 Å². The third-order valence-corrected chi connectivity index (χ3v) is 5.50. The molecule has 1 unspecified atom stereocenters. The monoisotopic (exact) mass is 344 g/mol. The Bertz CT molecular complexity index is 623. The number of benzene rings is 1. The van der Waals surface area contributed by atoms with Gasteiger partial charge in [-0.25, -0.2) is 0 Å². The minimum Gasteiger partial charge on any atom is -0.508 e. The van der Waals surface area contributed by atoms with Crippen LogP contribution in [0, 0.1) is 11.8 Å². The van der Waals surface area contributed by atoms with Crippen LogP contribution in [0.3, 0.4) is 0 Å². The fraction of sp³-hybridized carbons (Fsp3) is 0.600. The summed E-state index contributed by atoms with van der Waals surface area (Å²) in [6, 6.07) is 6.96. The third-order valence-electron chi connectivity index (χ3n) is 5.50. The Balaban J connectivity index is 1.50. The van der Waals surface area contributed by atoms with Crippen LogP contribution in [0.15, 0.2) is 24.3 Å². The lowest BCUT2D eigenvalue weighted by atomic mass is 9.92. The minimum absolute atomic E-state index is 0.0268. The van der Waals surface area contributed by atoms with Crippen molar-refractivity contribution in [2.45, 2.75) is 39.0 Å². The first-order chi connectivity index (χ1) is 12.0. The van der Waals surface area contributed by atoms with Crippen LogP contribution in [0.5, 0.6) is 5.75 Å². The zero-order valence-corrected chi connectivity index (χ0v) is 15.0. The van der Waals surface area contributed by atoms with Crippen LogP contribution >= 0.6 is 0 Å². The van der Waals surface area contributed by atoms with E-state index in [2.05, 4.69) is 6.92 Å². The summed E-state index contributed by atoms with van der Waals surface area (Å²) in [6.07, 6.45) is 4.02. The van der Waals surface area contributed by atoms with Gasteiger partial charge in [0.25, 0.3) is 0 Å². The number of rotatable bonds is 3. The number of piperidine rings is 2. The van der Waals surface area contributed by atoms with Gasteiger partial charge in [-0.1, -0.05) is 25.1 Å². The highest BCUT2D eigenvalue weighted by molar-refractivity contribution is 5.81. The van der Waals surface area contributed by atoms with Crippen molar-refractivity contribution in [2.75, 3.05) is 26.2 Å². The number of hydrogen-bond acceptors (Lipinski definition) is 3. The standard InChI is InChI=1S/C20H28N2O3/c1-15-5-4-10-22(14-15)20(25)16-8-11-21(12-9-16)19(24)13-17-6-2-3-7-18(17)23/h2-3,6-7,15-16,23H,4-5,8-14H2,1H3. The summed E-state index contributed by atoms with van der Waals surface area (Å²) in [5.41, 5.74) is 0.660. The van der Waals surface area contributed by atoms with Crippen molar-refractivity contribution in [2.24, 2.45) is 11.8 Å². The first-order valence-corrected chi connectivity index (χ1v) is 9.38. The highest BCUT2D eigenvalue weighted by atomic mass is 16.3. The molecule has 2 heterocycles. The summed E-state index contributed by atoms with van der Waals surface area (Å²) in [6.45, 7) is 5.24. The molecule has 2 aliphatic rings. The van der Waals surface area contributed by atoms with E-state index in [0.717, 1.165) is 32.4 Å². The van der Waals surface area contributed by atoms with E-state index in [1.54, 1.807) is 18.2 Å². The molecule has 5 nitrogen and oxygen atoms in total. The van der Waals surface area contributed by atoms with Crippen LogP contribution in [0.25, 0.3) is 0 Å². The predicted octanol–water partition coefficient (Wildman–Crippen LogP) is 2.43. The Hall–Kier alpha value is -2.04. The first kappa shape index (κ1) is 17.8. The quantitative estimate of drug-likeness (QED) is 0.916. The van der Waals surface area contributed by atoms with Crippen LogP contribution < -0.4 is 0 Å². The SMILES string of the molecule is CC1CCCN(C(=O)C2CCN(C(=O)Cc3ccccc3O)CC2)C1. The van der Waals surface area contributed by atoms with Gasteiger partial charge < -0.3 is 14.9 Å². The topological polar surface area (TPSA) is 60.9 Å². The molecule has 1 aromatic carbocycles. The molecule has 2 amide bonds. The highest BCUT2D eigenvalue weighted by Gasteiger charge is 2.31. The second kappa shape index (κ2) is 7.89. The van der Waals surface area contributed by atoms with Crippen LogP contribution in [0.1, 0.15) is 38.2 Å². The molecule has 0 aromatic heterocycles. The molecule has 1 atom stereocenters. The van der Waals surface area contributed by atoms with Crippen molar-refractivity contribution in [3.05, 3.63) is 29.8 Å². The number of para-hydroxylation sites is 1. The lowest BCUT2D eigenvalue weighted by Gasteiger charge is -2.37. The lowest BCUT2D eigenvalue weighted by molar-refractivity contribution is -0.141. The molecule has 0 aliphatic carbocycles. The van der Waals surface area contributed by atoms with E-state index in [1.165, 1.54) is 6.42 Å². The minimum atomic E-state index is 0.0268. The number of aromatic hydroxyl groups is 1. The van der Waals surface area contributed by atoms with E-state index < -0.39 is 0 Å². The smallest absolute Gasteiger partial charge is 0.227 e. The van der Waals surface area contributed by atoms with Gasteiger partial charge >= 0.3 is 0 Å². The average Bonchev–Trinajstić information content (AvgIpc) is 2.63. The molecule has 0 bridgehead atoms. The van der Waals surface area contributed by atoms with Gasteiger partial charge in [-0.05, 0) is 37.7 Å². The van der Waals surface area contributed by atoms with E-state index in [4.69, 9.17) is 0 Å². The summed E-state index contributed by atoms with van der Waals surface area (Å²) >= 11 is 0. The normalized spacial score (nSPS) is 22.0. The number of likely N-dealkylation sites (tertiary alicyclic amines) is 2. The van der Waals surface area contributed by atoms with Crippen molar-refractivity contribution in [3.63, 3.8) is 0 Å². The van der Waals surface area contributed by atoms with Gasteiger partial charge in [0.15, 0.2) is 0 Å². The van der Waals surface area contributed by atoms with Gasteiger partial charge in [-0.2, -0.15) is 0 Å². The molecule has 2 fully saturated rings. The number of phenols is 1. The van der Waals surface area contributed by atoms with Gasteiger partial charge in [0.05, 0.1) is 6.42 Å². The van der Waals surface area contributed by atoms with E-state index in [9.17, 15) is 14.7 Å². The zero-order chi connectivity index (χ0) is 17.8. The van der Waals surface area contributed by atoms with E-state index >= 15 is 0 Å². The molecule has 2 saturated heterocycles. The Morgan fingerprint density at radius 3 is 2.48 bits per heavy atom. The molecule has 1 N–H and O–H groups in total. The van der Waals surface area contributed by atoms with Crippen molar-refractivity contribution in [1.29, 1.82) is 0 Å². The number of hydrogen-bond donors (Lipinski definition) is 1. The summed E-state index contributed by atoms with van der Waals surface area (Å²) in [4.78, 5) is 29.0. The third kappa shape index (κ3) is 4.33. The summed E-state index contributed by atoms with van der Waals surface area (Å²) in [7, 11) is 0. The maximum absolute atomic E-state index is 12.7. The molecule has 2 aliphatic heterocycles. The molecule has 136 valence electrons. The Morgan fingerprint density at radius 2 is 1.80 bits per heavy atom. The molecule has 1 aromatic rings. The molecule has 3 rings (SSSR count). The van der Waals surface area contributed by atoms with Crippen molar-refractivity contribution >= 4 is 11.8 Å². The highest BCUT2D eigenvalue weighted by Crippen LogP contribution is 2.24. The fourth-order valence-corrected chi connectivity index (χ4v) is 3.96. The Labute approximate surface area is 149 Å². The van der Waals surface area contributed by atoms with Gasteiger partial charge in [0.1, 0.15) is 5.75 Å². The van der Waals surface area contributed by atoms with Crippen LogP contribution in [0.2, 0.25) is 0 Å². The number of nitrogens with zero attached hydrogens (tertiary/aromatic N) is 2. The summed E-state index contributed by atoms with van der Waals surface area (Å²) in [5.74, 6) is 1.12. The van der Waals surface area contributed by atoms with Crippen LogP contribution in [-0.2, 0) is 16.0 Å². The lowest BCUT2D eigenvalue weighted by Crippen LogP contribution is -2.47. The Kier molecular flexibility index (Phi) is 5.61. The maximum atomic E-state index is 12.7. The molecule has 25 heavy (non-hydrogen) atoms.